The molecule has 1 unspecified atom stereocenters. The molecule has 2 aromatic carbocycles. The minimum atomic E-state index is -4.89. The maximum atomic E-state index is 13.6. The normalized spacial score (nSPS) is 12.6. The van der Waals surface area contributed by atoms with Gasteiger partial charge in [0.05, 0.1) is 19.2 Å². The number of ether oxygens (including phenoxy) is 3. The zero-order valence-corrected chi connectivity index (χ0v) is 21.4. The van der Waals surface area contributed by atoms with Gasteiger partial charge in [-0.05, 0) is 36.2 Å². The molecule has 38 heavy (non-hydrogen) atoms. The Kier molecular flexibility index (Phi) is 7.83. The summed E-state index contributed by atoms with van der Waals surface area (Å²) in [5.74, 6) is -0.509. The fourth-order valence-electron chi connectivity index (χ4n) is 3.92. The number of hydrogen-bond acceptors (Lipinski definition) is 6. The maximum absolute atomic E-state index is 13.6. The van der Waals surface area contributed by atoms with Gasteiger partial charge in [-0.1, -0.05) is 36.7 Å². The van der Waals surface area contributed by atoms with Gasteiger partial charge in [0.2, 0.25) is 0 Å². The number of nitrogens with zero attached hydrogens (tertiary/aromatic N) is 4. The van der Waals surface area contributed by atoms with Crippen LogP contribution in [0.25, 0.3) is 11.2 Å². The molecule has 2 heterocycles. The van der Waals surface area contributed by atoms with Gasteiger partial charge < -0.3 is 14.2 Å². The molecule has 4 aromatic rings. The van der Waals surface area contributed by atoms with Crippen LogP contribution < -0.4 is 20.7 Å². The van der Waals surface area contributed by atoms with Crippen LogP contribution in [0, 0.1) is 0 Å². The highest BCUT2D eigenvalue weighted by Gasteiger charge is 2.31. The molecule has 0 fully saturated rings. The second-order valence-corrected chi connectivity index (χ2v) is 8.86. The number of rotatable bonds is 9. The summed E-state index contributed by atoms with van der Waals surface area (Å²) in [5.41, 5.74) is -0.347. The van der Waals surface area contributed by atoms with Gasteiger partial charge in [-0.2, -0.15) is 4.98 Å². The average molecular weight is 553 g/mol. The lowest BCUT2D eigenvalue weighted by Gasteiger charge is -2.15. The van der Waals surface area contributed by atoms with Crippen molar-refractivity contribution < 1.29 is 27.4 Å². The summed E-state index contributed by atoms with van der Waals surface area (Å²) in [6, 6.07) is 11.6. The van der Waals surface area contributed by atoms with Crippen LogP contribution in [0.1, 0.15) is 18.9 Å². The van der Waals surface area contributed by atoms with Crippen molar-refractivity contribution in [3.8, 4) is 17.5 Å². The number of benzene rings is 2. The largest absolute Gasteiger partial charge is 0.573 e. The van der Waals surface area contributed by atoms with Crippen molar-refractivity contribution in [1.29, 1.82) is 0 Å². The van der Waals surface area contributed by atoms with Gasteiger partial charge in [0, 0.05) is 25.2 Å². The fourth-order valence-corrected chi connectivity index (χ4v) is 4.05. The minimum Gasteiger partial charge on any atom is -0.425 e. The van der Waals surface area contributed by atoms with Crippen molar-refractivity contribution in [2.24, 2.45) is 7.05 Å². The third-order valence-corrected chi connectivity index (χ3v) is 6.13. The third-order valence-electron chi connectivity index (χ3n) is 5.87. The highest BCUT2D eigenvalue weighted by atomic mass is 35.5. The Morgan fingerprint density at radius 3 is 2.37 bits per heavy atom. The molecule has 0 amide bonds. The zero-order chi connectivity index (χ0) is 27.6. The quantitative estimate of drug-likeness (QED) is 0.299. The van der Waals surface area contributed by atoms with Crippen LogP contribution >= 0.6 is 11.6 Å². The number of imidazole rings is 1. The number of fused-ring (bicyclic) bond motifs is 1. The van der Waals surface area contributed by atoms with E-state index in [1.807, 2.05) is 6.92 Å². The first-order valence-electron chi connectivity index (χ1n) is 11.5. The molecule has 0 aliphatic rings. The minimum absolute atomic E-state index is 0.0184. The molecule has 0 aliphatic carbocycles. The van der Waals surface area contributed by atoms with Crippen molar-refractivity contribution in [3.05, 3.63) is 80.0 Å². The van der Waals surface area contributed by atoms with Crippen LogP contribution in [-0.2, 0) is 24.9 Å². The van der Waals surface area contributed by atoms with E-state index in [4.69, 9.17) is 21.1 Å². The second kappa shape index (κ2) is 10.9. The van der Waals surface area contributed by atoms with Gasteiger partial charge in [-0.25, -0.2) is 4.79 Å². The molecule has 0 N–H and O–H groups in total. The van der Waals surface area contributed by atoms with E-state index in [1.165, 1.54) is 35.4 Å². The Labute approximate surface area is 219 Å². The van der Waals surface area contributed by atoms with Gasteiger partial charge in [-0.3, -0.25) is 18.5 Å². The van der Waals surface area contributed by atoms with Gasteiger partial charge in [0.25, 0.3) is 5.56 Å². The standard InChI is InChI=1S/C25H24ClF3N4O5/c1-4-17(36-3)14-33-22(34)20-21(31(2)24(33)35)30-23(32(20)13-15-8-10-16(26)11-9-15)37-18-6-5-7-19(12-18)38-25(27,28)29/h5-12,17H,4,13-14H2,1-3H3. The Morgan fingerprint density at radius 1 is 1.05 bits per heavy atom. The highest BCUT2D eigenvalue weighted by molar-refractivity contribution is 6.30. The molecule has 2 aromatic heterocycles. The first-order valence-corrected chi connectivity index (χ1v) is 11.9. The molecule has 0 bridgehead atoms. The van der Waals surface area contributed by atoms with Crippen LogP contribution in [0.2, 0.25) is 5.02 Å². The average Bonchev–Trinajstić information content (AvgIpc) is 3.21. The lowest BCUT2D eigenvalue weighted by atomic mass is 10.2. The van der Waals surface area contributed by atoms with Gasteiger partial charge >= 0.3 is 18.1 Å². The molecule has 1 atom stereocenters. The summed E-state index contributed by atoms with van der Waals surface area (Å²) in [7, 11) is 2.96. The topological polar surface area (TPSA) is 89.5 Å². The van der Waals surface area contributed by atoms with Crippen LogP contribution in [0.5, 0.6) is 17.5 Å². The summed E-state index contributed by atoms with van der Waals surface area (Å²) in [6.45, 7) is 1.99. The highest BCUT2D eigenvalue weighted by Crippen LogP contribution is 2.30. The zero-order valence-electron chi connectivity index (χ0n) is 20.7. The number of alkyl halides is 3. The van der Waals surface area contributed by atoms with E-state index >= 15 is 0 Å². The predicted molar refractivity (Wildman–Crippen MR) is 134 cm³/mol. The monoisotopic (exact) mass is 552 g/mol. The Hall–Kier alpha value is -3.77. The number of aromatic nitrogens is 4. The van der Waals surface area contributed by atoms with Crippen LogP contribution in [0.3, 0.4) is 0 Å². The number of hydrogen-bond donors (Lipinski definition) is 0. The van der Waals surface area contributed by atoms with Gasteiger partial charge in [0.1, 0.15) is 11.5 Å². The molecule has 13 heteroatoms. The van der Waals surface area contributed by atoms with E-state index in [1.54, 1.807) is 24.3 Å². The molecule has 0 radical (unpaired) electrons. The molecule has 0 spiro atoms. The van der Waals surface area contributed by atoms with Gasteiger partial charge in [-0.15, -0.1) is 13.2 Å². The van der Waals surface area contributed by atoms with Gasteiger partial charge in [0.15, 0.2) is 11.2 Å². The predicted octanol–water partition coefficient (Wildman–Crippen LogP) is 4.71. The van der Waals surface area contributed by atoms with Crippen molar-refractivity contribution in [1.82, 2.24) is 18.7 Å². The lowest BCUT2D eigenvalue weighted by Crippen LogP contribution is -2.42. The summed E-state index contributed by atoms with van der Waals surface area (Å²) in [6.07, 6.45) is -4.70. The Balaban J connectivity index is 1.88. The summed E-state index contributed by atoms with van der Waals surface area (Å²) < 4.78 is 57.1. The van der Waals surface area contributed by atoms with Crippen LogP contribution in [0.15, 0.2) is 58.1 Å². The smallest absolute Gasteiger partial charge is 0.425 e. The summed E-state index contributed by atoms with van der Waals surface area (Å²) in [4.78, 5) is 31.1. The van der Waals surface area contributed by atoms with E-state index in [-0.39, 0.29) is 42.1 Å². The lowest BCUT2D eigenvalue weighted by molar-refractivity contribution is -0.274. The second-order valence-electron chi connectivity index (χ2n) is 8.43. The third kappa shape index (κ3) is 5.86. The van der Waals surface area contributed by atoms with Crippen molar-refractivity contribution in [2.75, 3.05) is 7.11 Å². The summed E-state index contributed by atoms with van der Waals surface area (Å²) in [5, 5.41) is 0.511. The van der Waals surface area contributed by atoms with Crippen molar-refractivity contribution in [2.45, 2.75) is 38.9 Å². The van der Waals surface area contributed by atoms with E-state index in [2.05, 4.69) is 9.72 Å². The van der Waals surface area contributed by atoms with E-state index in [0.717, 1.165) is 22.3 Å². The van der Waals surface area contributed by atoms with E-state index in [0.29, 0.717) is 11.4 Å². The molecule has 0 saturated carbocycles. The molecule has 0 saturated heterocycles. The van der Waals surface area contributed by atoms with Crippen molar-refractivity contribution in [3.63, 3.8) is 0 Å². The van der Waals surface area contributed by atoms with E-state index in [9.17, 15) is 22.8 Å². The molecule has 9 nitrogen and oxygen atoms in total. The summed E-state index contributed by atoms with van der Waals surface area (Å²) >= 11 is 6.01. The first-order chi connectivity index (χ1) is 18.0. The number of methoxy groups -OCH3 is 1. The Bertz CT molecular complexity index is 1560. The number of aryl methyl sites for hydroxylation is 1. The first kappa shape index (κ1) is 27.3. The fraction of sp³-hybridized carbons (Fsp3) is 0.320. The SMILES string of the molecule is CCC(Cn1c(=O)c2c(nc(Oc3cccc(OC(F)(F)F)c3)n2Cc2ccc(Cl)cc2)n(C)c1=O)OC. The maximum Gasteiger partial charge on any atom is 0.573 e. The molecular weight excluding hydrogens is 529 g/mol. The molecule has 4 rings (SSSR count). The van der Waals surface area contributed by atoms with Crippen molar-refractivity contribution >= 4 is 22.8 Å². The van der Waals surface area contributed by atoms with Crippen LogP contribution in [-0.4, -0.2) is 38.3 Å². The van der Waals surface area contributed by atoms with Crippen LogP contribution in [0.4, 0.5) is 13.2 Å². The molecule has 202 valence electrons. The Morgan fingerprint density at radius 2 is 1.74 bits per heavy atom. The van der Waals surface area contributed by atoms with E-state index < -0.39 is 23.4 Å². The number of halogens is 4. The molecular formula is C25H24ClF3N4O5. The molecule has 0 aliphatic heterocycles.